The Morgan fingerprint density at radius 1 is 1.16 bits per heavy atom. The van der Waals surface area contributed by atoms with Crippen molar-refractivity contribution in [2.45, 2.75) is 45.6 Å². The minimum atomic E-state index is -4.57. The number of hydrogen-bond donors (Lipinski definition) is 0. The van der Waals surface area contributed by atoms with Gasteiger partial charge in [0, 0.05) is 13.1 Å². The number of ether oxygens (including phenoxy) is 4. The van der Waals surface area contributed by atoms with Crippen LogP contribution in [0.5, 0.6) is 17.4 Å². The van der Waals surface area contributed by atoms with Gasteiger partial charge in [-0.2, -0.15) is 13.2 Å². The first-order valence-corrected chi connectivity index (χ1v) is 9.87. The molecule has 0 aliphatic heterocycles. The lowest BCUT2D eigenvalue weighted by molar-refractivity contribution is -0.157. The molecule has 2 aromatic rings. The van der Waals surface area contributed by atoms with Crippen LogP contribution < -0.4 is 9.47 Å². The van der Waals surface area contributed by atoms with Crippen LogP contribution in [-0.4, -0.2) is 35.7 Å². The molecular weight excluding hydrogens is 455 g/mol. The van der Waals surface area contributed by atoms with Gasteiger partial charge in [0.05, 0.1) is 18.6 Å². The Bertz CT molecular complexity index is 936. The summed E-state index contributed by atoms with van der Waals surface area (Å²) in [6.07, 6.45) is -5.66. The number of nitrogens with zero attached hydrogens (tertiary/aromatic N) is 1. The van der Waals surface area contributed by atoms with Crippen LogP contribution >= 0.6 is 11.6 Å². The number of carbonyl (C=O) groups is 2. The lowest BCUT2D eigenvalue weighted by Crippen LogP contribution is -2.35. The van der Waals surface area contributed by atoms with Crippen molar-refractivity contribution in [3.8, 4) is 17.4 Å². The van der Waals surface area contributed by atoms with E-state index >= 15 is 0 Å². The molecule has 7 nitrogen and oxygen atoms in total. The Morgan fingerprint density at radius 2 is 1.78 bits per heavy atom. The molecule has 0 N–H and O–H groups in total. The van der Waals surface area contributed by atoms with E-state index in [0.29, 0.717) is 11.9 Å². The molecule has 0 fully saturated rings. The first kappa shape index (κ1) is 25.3. The summed E-state index contributed by atoms with van der Waals surface area (Å²) < 4.78 is 59.3. The van der Waals surface area contributed by atoms with Crippen LogP contribution in [0.4, 0.5) is 13.2 Å². The quantitative estimate of drug-likeness (QED) is 0.461. The summed E-state index contributed by atoms with van der Waals surface area (Å²) in [5, 5.41) is -0.294. The van der Waals surface area contributed by atoms with Crippen LogP contribution in [0.2, 0.25) is 5.02 Å². The number of esters is 2. The highest BCUT2D eigenvalue weighted by molar-refractivity contribution is 6.31. The van der Waals surface area contributed by atoms with Crippen LogP contribution in [0.25, 0.3) is 0 Å². The fourth-order valence-electron chi connectivity index (χ4n) is 2.54. The SMILES string of the molecule is CCOC(=O)CC(OC(C)=O)C(C)Oc1ccc(Oc2ncc(C(F)(F)F)cc2Cl)cc1. The maximum absolute atomic E-state index is 12.7. The van der Waals surface area contributed by atoms with Crippen molar-refractivity contribution in [1.29, 1.82) is 0 Å². The maximum Gasteiger partial charge on any atom is 0.417 e. The van der Waals surface area contributed by atoms with Gasteiger partial charge in [-0.1, -0.05) is 11.6 Å². The van der Waals surface area contributed by atoms with Crippen molar-refractivity contribution < 1.29 is 41.7 Å². The van der Waals surface area contributed by atoms with Crippen LogP contribution in [0, 0.1) is 0 Å². The van der Waals surface area contributed by atoms with E-state index in [4.69, 9.17) is 30.5 Å². The van der Waals surface area contributed by atoms with Gasteiger partial charge >= 0.3 is 18.1 Å². The second-order valence-electron chi connectivity index (χ2n) is 6.56. The van der Waals surface area contributed by atoms with Crippen molar-refractivity contribution in [2.24, 2.45) is 0 Å². The van der Waals surface area contributed by atoms with Crippen LogP contribution in [-0.2, 0) is 25.2 Å². The molecule has 174 valence electrons. The Kier molecular flexibility index (Phi) is 8.71. The summed E-state index contributed by atoms with van der Waals surface area (Å²) in [5.41, 5.74) is -0.988. The molecule has 2 rings (SSSR count). The Balaban J connectivity index is 2.04. The fourth-order valence-corrected chi connectivity index (χ4v) is 2.75. The molecule has 0 radical (unpaired) electrons. The molecule has 1 heterocycles. The summed E-state index contributed by atoms with van der Waals surface area (Å²) in [5.74, 6) is -0.663. The minimum Gasteiger partial charge on any atom is -0.487 e. The molecule has 1 aromatic heterocycles. The van der Waals surface area contributed by atoms with E-state index in [9.17, 15) is 22.8 Å². The van der Waals surface area contributed by atoms with Crippen molar-refractivity contribution in [3.63, 3.8) is 0 Å². The highest BCUT2D eigenvalue weighted by Crippen LogP contribution is 2.35. The lowest BCUT2D eigenvalue weighted by atomic mass is 10.1. The first-order valence-electron chi connectivity index (χ1n) is 9.49. The predicted molar refractivity (Wildman–Crippen MR) is 108 cm³/mol. The van der Waals surface area contributed by atoms with E-state index < -0.39 is 35.9 Å². The molecule has 1 aromatic carbocycles. The normalized spacial score (nSPS) is 13.1. The molecule has 11 heteroatoms. The van der Waals surface area contributed by atoms with Gasteiger partial charge in [-0.25, -0.2) is 4.98 Å². The zero-order valence-electron chi connectivity index (χ0n) is 17.4. The Hall–Kier alpha value is -3.01. The monoisotopic (exact) mass is 475 g/mol. The molecule has 0 amide bonds. The number of halogens is 4. The van der Waals surface area contributed by atoms with Crippen LogP contribution in [0.3, 0.4) is 0 Å². The summed E-state index contributed by atoms with van der Waals surface area (Å²) in [6.45, 7) is 4.70. The van der Waals surface area contributed by atoms with E-state index in [1.807, 2.05) is 0 Å². The minimum absolute atomic E-state index is 0.173. The molecule has 0 bridgehead atoms. The third-order valence-electron chi connectivity index (χ3n) is 4.01. The largest absolute Gasteiger partial charge is 0.487 e. The predicted octanol–water partition coefficient (Wildman–Crippen LogP) is 5.20. The number of carbonyl (C=O) groups excluding carboxylic acids is 2. The molecular formula is C21H21ClF3NO6. The third-order valence-corrected chi connectivity index (χ3v) is 4.28. The molecule has 0 aliphatic carbocycles. The Labute approximate surface area is 187 Å². The van der Waals surface area contributed by atoms with Gasteiger partial charge in [-0.05, 0) is 44.2 Å². The maximum atomic E-state index is 12.7. The number of hydrogen-bond acceptors (Lipinski definition) is 7. The van der Waals surface area contributed by atoms with Gasteiger partial charge in [0.2, 0.25) is 5.88 Å². The van der Waals surface area contributed by atoms with Gasteiger partial charge in [0.25, 0.3) is 0 Å². The topological polar surface area (TPSA) is 84.0 Å². The smallest absolute Gasteiger partial charge is 0.417 e. The zero-order valence-corrected chi connectivity index (χ0v) is 18.2. The van der Waals surface area contributed by atoms with Gasteiger partial charge in [-0.15, -0.1) is 0 Å². The highest BCUT2D eigenvalue weighted by Gasteiger charge is 2.32. The molecule has 32 heavy (non-hydrogen) atoms. The summed E-state index contributed by atoms with van der Waals surface area (Å²) in [7, 11) is 0. The van der Waals surface area contributed by atoms with Gasteiger partial charge in [0.1, 0.15) is 28.7 Å². The number of alkyl halides is 3. The molecule has 0 saturated heterocycles. The Morgan fingerprint density at radius 3 is 2.31 bits per heavy atom. The second-order valence-corrected chi connectivity index (χ2v) is 6.97. The third kappa shape index (κ3) is 7.60. The second kappa shape index (κ2) is 11.0. The fraction of sp³-hybridized carbons (Fsp3) is 0.381. The van der Waals surface area contributed by atoms with Crippen molar-refractivity contribution in [3.05, 3.63) is 47.1 Å². The zero-order chi connectivity index (χ0) is 23.9. The molecule has 2 atom stereocenters. The lowest BCUT2D eigenvalue weighted by Gasteiger charge is -2.24. The molecule has 0 saturated carbocycles. The number of benzene rings is 1. The van der Waals surface area contributed by atoms with Crippen LogP contribution in [0.15, 0.2) is 36.5 Å². The average Bonchev–Trinajstić information content (AvgIpc) is 2.69. The van der Waals surface area contributed by atoms with Crippen molar-refractivity contribution in [2.75, 3.05) is 6.61 Å². The number of aromatic nitrogens is 1. The molecule has 2 unspecified atom stereocenters. The van der Waals surface area contributed by atoms with Gasteiger partial charge in [0.15, 0.2) is 0 Å². The highest BCUT2D eigenvalue weighted by atomic mass is 35.5. The summed E-state index contributed by atoms with van der Waals surface area (Å²) in [6, 6.07) is 6.76. The van der Waals surface area contributed by atoms with Crippen molar-refractivity contribution in [1.82, 2.24) is 4.98 Å². The van der Waals surface area contributed by atoms with Crippen molar-refractivity contribution >= 4 is 23.5 Å². The van der Waals surface area contributed by atoms with E-state index in [1.54, 1.807) is 13.8 Å². The van der Waals surface area contributed by atoms with E-state index in [2.05, 4.69) is 4.98 Å². The summed E-state index contributed by atoms with van der Waals surface area (Å²) in [4.78, 5) is 26.7. The van der Waals surface area contributed by atoms with E-state index in [-0.39, 0.29) is 29.7 Å². The summed E-state index contributed by atoms with van der Waals surface area (Å²) >= 11 is 5.83. The molecule has 0 aliphatic rings. The standard InChI is InChI=1S/C21H21ClF3NO6/c1-4-29-19(28)10-18(31-13(3)27)12(2)30-15-5-7-16(8-6-15)32-20-17(22)9-14(11-26-20)21(23,24)25/h5-9,11-12,18H,4,10H2,1-3H3. The number of pyridine rings is 1. The van der Waals surface area contributed by atoms with E-state index in [1.165, 1.54) is 31.2 Å². The van der Waals surface area contributed by atoms with Gasteiger partial charge in [-0.3, -0.25) is 9.59 Å². The van der Waals surface area contributed by atoms with Crippen LogP contribution in [0.1, 0.15) is 32.8 Å². The first-order chi connectivity index (χ1) is 15.0. The van der Waals surface area contributed by atoms with E-state index in [0.717, 1.165) is 6.07 Å². The average molecular weight is 476 g/mol. The number of rotatable bonds is 9. The van der Waals surface area contributed by atoms with Gasteiger partial charge < -0.3 is 18.9 Å². The molecule has 0 spiro atoms.